The van der Waals surface area contributed by atoms with Gasteiger partial charge < -0.3 is 10.5 Å². The van der Waals surface area contributed by atoms with Gasteiger partial charge in [0.1, 0.15) is 4.48 Å². The molecule has 0 unspecified atom stereocenters. The van der Waals surface area contributed by atoms with E-state index in [2.05, 4.69) is 31.9 Å². The predicted octanol–water partition coefficient (Wildman–Crippen LogP) is 0.538. The van der Waals surface area contributed by atoms with Crippen molar-refractivity contribution in [3.05, 3.63) is 8.96 Å². The highest BCUT2D eigenvalue weighted by Gasteiger charge is 2.39. The Morgan fingerprint density at radius 2 is 2.21 bits per heavy atom. The molecule has 0 spiro atoms. The highest BCUT2D eigenvalue weighted by molar-refractivity contribution is 9.14. The van der Waals surface area contributed by atoms with Gasteiger partial charge in [-0.1, -0.05) is 0 Å². The Labute approximate surface area is 96.1 Å². The monoisotopic (exact) mass is 322 g/mol. The summed E-state index contributed by atoms with van der Waals surface area (Å²) in [5.41, 5.74) is 4.97. The van der Waals surface area contributed by atoms with Gasteiger partial charge in [-0.05, 0) is 31.9 Å². The number of ether oxygens (including phenoxy) is 1. The molecular weight excluding hydrogens is 320 g/mol. The second-order valence-corrected chi connectivity index (χ2v) is 4.14. The molecule has 1 heterocycles. The molecule has 0 radical (unpaired) electrons. The van der Waals surface area contributed by atoms with Crippen LogP contribution in [0.4, 0.5) is 0 Å². The third kappa shape index (κ3) is 1.81. The minimum absolute atomic E-state index is 0.170. The quantitative estimate of drug-likeness (QED) is 0.750. The fourth-order valence-corrected chi connectivity index (χ4v) is 1.77. The number of nitrogens with two attached hydrogens (primary N) is 1. The maximum Gasteiger partial charge on any atom is 0.346 e. The molecule has 1 rings (SSSR count). The number of hydrogen-bond donors (Lipinski definition) is 1. The molecule has 1 amide bonds. The molecule has 14 heavy (non-hydrogen) atoms. The van der Waals surface area contributed by atoms with Crippen LogP contribution in [0.2, 0.25) is 0 Å². The van der Waals surface area contributed by atoms with Crippen molar-refractivity contribution < 1.29 is 14.3 Å². The second kappa shape index (κ2) is 4.11. The summed E-state index contributed by atoms with van der Waals surface area (Å²) in [6.45, 7) is 0. The van der Waals surface area contributed by atoms with E-state index in [9.17, 15) is 9.59 Å². The molecule has 5 nitrogen and oxygen atoms in total. The van der Waals surface area contributed by atoms with Crippen LogP contribution < -0.4 is 5.73 Å². The van der Waals surface area contributed by atoms with Crippen molar-refractivity contribution in [2.45, 2.75) is 6.10 Å². The highest BCUT2D eigenvalue weighted by Crippen LogP contribution is 2.34. The van der Waals surface area contributed by atoms with Crippen LogP contribution in [0, 0.1) is 17.2 Å². The summed E-state index contributed by atoms with van der Waals surface area (Å²) in [6, 6.07) is 1.68. The minimum atomic E-state index is -1.18. The van der Waals surface area contributed by atoms with Crippen molar-refractivity contribution in [3.63, 3.8) is 0 Å². The fraction of sp³-hybridized carbons (Fsp3) is 0.286. The van der Waals surface area contributed by atoms with E-state index in [1.165, 1.54) is 0 Å². The third-order valence-corrected chi connectivity index (χ3v) is 3.75. The van der Waals surface area contributed by atoms with Crippen molar-refractivity contribution in [3.8, 4) is 6.07 Å². The molecule has 0 aromatic heterocycles. The first kappa shape index (κ1) is 11.2. The maximum atomic E-state index is 11.0. The van der Waals surface area contributed by atoms with E-state index >= 15 is 0 Å². The number of primary amides is 1. The van der Waals surface area contributed by atoms with Crippen LogP contribution in [-0.2, 0) is 14.3 Å². The highest BCUT2D eigenvalue weighted by atomic mass is 79.9. The molecule has 2 N–H and O–H groups in total. The summed E-state index contributed by atoms with van der Waals surface area (Å²) in [5.74, 6) is -2.63. The smallest absolute Gasteiger partial charge is 0.346 e. The van der Waals surface area contributed by atoms with E-state index < -0.39 is 23.9 Å². The lowest BCUT2D eigenvalue weighted by atomic mass is 10.0. The molecule has 1 aliphatic rings. The zero-order valence-corrected chi connectivity index (χ0v) is 9.83. The van der Waals surface area contributed by atoms with Gasteiger partial charge in [0.2, 0.25) is 5.91 Å². The number of nitriles is 1. The zero-order chi connectivity index (χ0) is 10.9. The summed E-state index contributed by atoms with van der Waals surface area (Å²) in [7, 11) is 0. The number of hydrogen-bond acceptors (Lipinski definition) is 4. The zero-order valence-electron chi connectivity index (χ0n) is 6.66. The number of esters is 1. The Morgan fingerprint density at radius 3 is 2.50 bits per heavy atom. The largest absolute Gasteiger partial charge is 0.451 e. The van der Waals surface area contributed by atoms with Gasteiger partial charge in [0.15, 0.2) is 12.0 Å². The molecule has 0 saturated heterocycles. The van der Waals surface area contributed by atoms with Gasteiger partial charge >= 0.3 is 5.97 Å². The van der Waals surface area contributed by atoms with Crippen LogP contribution in [0.3, 0.4) is 0 Å². The van der Waals surface area contributed by atoms with Gasteiger partial charge in [0.25, 0.3) is 0 Å². The van der Waals surface area contributed by atoms with Gasteiger partial charge in [0.05, 0.1) is 10.6 Å². The SMILES string of the molecule is N#C[C@@H](C(N)=O)[C@H]1OC(=O)C(Br)=C1Br. The normalized spacial score (nSPS) is 22.9. The number of amides is 1. The molecule has 7 heteroatoms. The first-order chi connectivity index (χ1) is 6.49. The summed E-state index contributed by atoms with van der Waals surface area (Å²) in [6.07, 6.45) is -0.945. The minimum Gasteiger partial charge on any atom is -0.451 e. The van der Waals surface area contributed by atoms with E-state index in [0.717, 1.165) is 0 Å². The molecule has 1 aliphatic heterocycles. The Bertz CT molecular complexity index is 372. The van der Waals surface area contributed by atoms with Gasteiger partial charge in [-0.3, -0.25) is 4.79 Å². The van der Waals surface area contributed by atoms with Crippen molar-refractivity contribution >= 4 is 43.7 Å². The number of cyclic esters (lactones) is 1. The van der Waals surface area contributed by atoms with Gasteiger partial charge in [0, 0.05) is 0 Å². The Morgan fingerprint density at radius 1 is 1.64 bits per heavy atom. The molecule has 0 aromatic carbocycles. The van der Waals surface area contributed by atoms with Crippen molar-refractivity contribution in [2.24, 2.45) is 11.7 Å². The first-order valence-electron chi connectivity index (χ1n) is 3.44. The van der Waals surface area contributed by atoms with E-state index in [0.29, 0.717) is 4.48 Å². The fourth-order valence-electron chi connectivity index (χ4n) is 0.936. The lowest BCUT2D eigenvalue weighted by molar-refractivity contribution is -0.141. The maximum absolute atomic E-state index is 11.0. The molecule has 2 atom stereocenters. The van der Waals surface area contributed by atoms with Crippen molar-refractivity contribution in [1.82, 2.24) is 0 Å². The number of carbonyl (C=O) groups excluding carboxylic acids is 2. The van der Waals surface area contributed by atoms with Crippen LogP contribution >= 0.6 is 31.9 Å². The predicted molar refractivity (Wildman–Crippen MR) is 53.1 cm³/mol. The van der Waals surface area contributed by atoms with Crippen LogP contribution in [0.25, 0.3) is 0 Å². The number of carbonyl (C=O) groups is 2. The Balaban J connectivity index is 2.99. The van der Waals surface area contributed by atoms with E-state index in [-0.39, 0.29) is 4.48 Å². The van der Waals surface area contributed by atoms with Crippen LogP contribution in [-0.4, -0.2) is 18.0 Å². The van der Waals surface area contributed by atoms with Crippen LogP contribution in [0.15, 0.2) is 8.96 Å². The number of rotatable bonds is 2. The second-order valence-electron chi connectivity index (χ2n) is 2.50. The molecule has 74 valence electrons. The lowest BCUT2D eigenvalue weighted by Crippen LogP contribution is -2.33. The molecule has 0 bridgehead atoms. The van der Waals surface area contributed by atoms with E-state index in [1.54, 1.807) is 6.07 Å². The topological polar surface area (TPSA) is 93.2 Å². The Kier molecular flexibility index (Phi) is 3.29. The van der Waals surface area contributed by atoms with Gasteiger partial charge in [-0.2, -0.15) is 5.26 Å². The average molecular weight is 324 g/mol. The van der Waals surface area contributed by atoms with Crippen LogP contribution in [0.5, 0.6) is 0 Å². The number of nitrogens with zero attached hydrogens (tertiary/aromatic N) is 1. The summed E-state index contributed by atoms with van der Waals surface area (Å²) >= 11 is 6.00. The average Bonchev–Trinajstić information content (AvgIpc) is 2.35. The number of halogens is 2. The standard InChI is InChI=1S/C7H4Br2N2O3/c8-3-4(9)7(13)14-5(3)2(1-10)6(11)12/h2,5H,(H2,11,12)/t2-,5-/m1/s1. The summed E-state index contributed by atoms with van der Waals surface area (Å²) in [4.78, 5) is 21.8. The molecule has 0 saturated carbocycles. The van der Waals surface area contributed by atoms with Crippen LogP contribution in [0.1, 0.15) is 0 Å². The van der Waals surface area contributed by atoms with E-state index in [1.807, 2.05) is 0 Å². The lowest BCUT2D eigenvalue weighted by Gasteiger charge is -2.12. The first-order valence-corrected chi connectivity index (χ1v) is 5.02. The molecule has 0 aromatic rings. The van der Waals surface area contributed by atoms with E-state index in [4.69, 9.17) is 15.7 Å². The Hall–Kier alpha value is -0.870. The van der Waals surface area contributed by atoms with Gasteiger partial charge in [-0.25, -0.2) is 4.79 Å². The molecular formula is C7H4Br2N2O3. The summed E-state index contributed by atoms with van der Waals surface area (Å²) in [5, 5.41) is 8.65. The third-order valence-electron chi connectivity index (χ3n) is 1.62. The summed E-state index contributed by atoms with van der Waals surface area (Å²) < 4.78 is 5.27. The van der Waals surface area contributed by atoms with Gasteiger partial charge in [-0.15, -0.1) is 0 Å². The molecule has 0 fully saturated rings. The van der Waals surface area contributed by atoms with Crippen molar-refractivity contribution in [1.29, 1.82) is 5.26 Å². The van der Waals surface area contributed by atoms with Crippen molar-refractivity contribution in [2.75, 3.05) is 0 Å². The molecule has 0 aliphatic carbocycles.